The van der Waals surface area contributed by atoms with Gasteiger partial charge in [0.25, 0.3) is 10.0 Å². The number of rotatable bonds is 15. The van der Waals surface area contributed by atoms with Gasteiger partial charge in [-0.2, -0.15) is 0 Å². The molecule has 4 aromatic carbocycles. The van der Waals surface area contributed by atoms with Crippen molar-refractivity contribution in [1.29, 1.82) is 0 Å². The summed E-state index contributed by atoms with van der Waals surface area (Å²) in [5, 5.41) is 3.65. The lowest BCUT2D eigenvalue weighted by Gasteiger charge is -2.34. The van der Waals surface area contributed by atoms with Crippen LogP contribution in [-0.4, -0.2) is 65.1 Å². The van der Waals surface area contributed by atoms with Crippen molar-refractivity contribution in [2.24, 2.45) is 0 Å². The molecule has 4 rings (SSSR count). The van der Waals surface area contributed by atoms with Gasteiger partial charge in [0, 0.05) is 35.1 Å². The van der Waals surface area contributed by atoms with Gasteiger partial charge in [-0.15, -0.1) is 0 Å². The summed E-state index contributed by atoms with van der Waals surface area (Å²) in [7, 11) is -0.292. The average Bonchev–Trinajstić information content (AvgIpc) is 3.09. The first kappa shape index (κ1) is 37.4. The van der Waals surface area contributed by atoms with Crippen LogP contribution in [0.25, 0.3) is 0 Å². The highest BCUT2D eigenvalue weighted by molar-refractivity contribution is 7.92. The molecule has 0 fully saturated rings. The van der Waals surface area contributed by atoms with Gasteiger partial charge in [0.15, 0.2) is 11.5 Å². The molecule has 260 valence electrons. The maximum Gasteiger partial charge on any atom is 0.265 e. The smallest absolute Gasteiger partial charge is 0.265 e. The molecule has 0 radical (unpaired) electrons. The second-order valence-electron chi connectivity index (χ2n) is 11.4. The van der Waals surface area contributed by atoms with E-state index >= 15 is 0 Å². The number of carbonyl (C=O) groups excluding carboxylic acids is 2. The SMILES string of the molecule is COc1ccc(S(=O)(=O)N(CC(=O)N(Cc2ccc(Cl)cc2)C(Cc2ccccc2)C(=O)NC(C)C)c2cc(Cl)ccc2OC)cc1OC. The largest absolute Gasteiger partial charge is 0.495 e. The van der Waals surface area contributed by atoms with E-state index in [4.69, 9.17) is 37.4 Å². The number of anilines is 1. The number of hydrogen-bond acceptors (Lipinski definition) is 7. The second-order valence-corrected chi connectivity index (χ2v) is 14.1. The monoisotopic (exact) mass is 727 g/mol. The lowest BCUT2D eigenvalue weighted by Crippen LogP contribution is -2.54. The third-order valence-electron chi connectivity index (χ3n) is 7.60. The van der Waals surface area contributed by atoms with E-state index in [1.54, 1.807) is 30.3 Å². The van der Waals surface area contributed by atoms with E-state index in [1.807, 2.05) is 44.2 Å². The quantitative estimate of drug-likeness (QED) is 0.151. The van der Waals surface area contributed by atoms with Crippen LogP contribution in [0.2, 0.25) is 10.0 Å². The summed E-state index contributed by atoms with van der Waals surface area (Å²) in [5.74, 6) is -0.399. The highest BCUT2D eigenvalue weighted by atomic mass is 35.5. The van der Waals surface area contributed by atoms with Crippen molar-refractivity contribution in [2.75, 3.05) is 32.2 Å². The molecule has 0 heterocycles. The second kappa shape index (κ2) is 16.8. The van der Waals surface area contributed by atoms with E-state index in [1.165, 1.54) is 56.6 Å². The maximum absolute atomic E-state index is 14.7. The molecule has 0 aliphatic heterocycles. The van der Waals surface area contributed by atoms with Crippen LogP contribution in [-0.2, 0) is 32.6 Å². The Hall–Kier alpha value is -4.45. The first-order valence-corrected chi connectivity index (χ1v) is 17.5. The van der Waals surface area contributed by atoms with Crippen LogP contribution in [0.4, 0.5) is 5.69 Å². The van der Waals surface area contributed by atoms with Gasteiger partial charge in [0.1, 0.15) is 18.3 Å². The van der Waals surface area contributed by atoms with Crippen LogP contribution in [0.5, 0.6) is 17.2 Å². The van der Waals surface area contributed by atoms with Crippen LogP contribution in [0.15, 0.2) is 95.9 Å². The number of benzene rings is 4. The van der Waals surface area contributed by atoms with Gasteiger partial charge < -0.3 is 24.4 Å². The topological polar surface area (TPSA) is 114 Å². The molecule has 4 aromatic rings. The van der Waals surface area contributed by atoms with Crippen molar-refractivity contribution >= 4 is 50.7 Å². The molecule has 0 spiro atoms. The summed E-state index contributed by atoms with van der Waals surface area (Å²) in [6, 6.07) is 23.5. The standard InChI is InChI=1S/C36H39Cl2N3O7S/c1-24(2)39-36(43)31(19-25-9-7-6-8-10-25)40(22-26-11-13-27(37)14-12-26)35(42)23-41(30-20-28(38)15-17-32(30)46-3)49(44,45)29-16-18-33(47-4)34(21-29)48-5/h6-18,20-21,24,31H,19,22-23H2,1-5H3,(H,39,43). The minimum atomic E-state index is -4.50. The lowest BCUT2D eigenvalue weighted by molar-refractivity contribution is -0.140. The Morgan fingerprint density at radius 2 is 1.37 bits per heavy atom. The Bertz CT molecular complexity index is 1860. The number of hydrogen-bond donors (Lipinski definition) is 1. The first-order valence-electron chi connectivity index (χ1n) is 15.3. The number of methoxy groups -OCH3 is 3. The Kier molecular flexibility index (Phi) is 12.8. The van der Waals surface area contributed by atoms with Crippen molar-refractivity contribution in [3.05, 3.63) is 112 Å². The highest BCUT2D eigenvalue weighted by Crippen LogP contribution is 2.37. The Morgan fingerprint density at radius 3 is 1.98 bits per heavy atom. The molecular weight excluding hydrogens is 689 g/mol. The third kappa shape index (κ3) is 9.38. The summed E-state index contributed by atoms with van der Waals surface area (Å²) in [6.07, 6.45) is 0.168. The van der Waals surface area contributed by atoms with Gasteiger partial charge in [-0.05, 0) is 67.4 Å². The van der Waals surface area contributed by atoms with Crippen molar-refractivity contribution in [3.8, 4) is 17.2 Å². The van der Waals surface area contributed by atoms with E-state index in [9.17, 15) is 18.0 Å². The third-order valence-corrected chi connectivity index (χ3v) is 9.84. The van der Waals surface area contributed by atoms with Crippen LogP contribution in [0.3, 0.4) is 0 Å². The predicted octanol–water partition coefficient (Wildman–Crippen LogP) is 6.38. The molecule has 0 aromatic heterocycles. The summed E-state index contributed by atoms with van der Waals surface area (Å²) in [5.41, 5.74) is 1.52. The number of amides is 2. The van der Waals surface area contributed by atoms with Gasteiger partial charge in [0.05, 0.1) is 31.9 Å². The normalized spacial score (nSPS) is 11.8. The predicted molar refractivity (Wildman–Crippen MR) is 191 cm³/mol. The minimum absolute atomic E-state index is 0.0179. The molecule has 0 aliphatic rings. The number of nitrogens with one attached hydrogen (secondary N) is 1. The fourth-order valence-electron chi connectivity index (χ4n) is 5.20. The van der Waals surface area contributed by atoms with Crippen LogP contribution in [0, 0.1) is 0 Å². The zero-order chi connectivity index (χ0) is 35.7. The molecule has 1 atom stereocenters. The van der Waals surface area contributed by atoms with Crippen molar-refractivity contribution in [2.45, 2.75) is 43.8 Å². The van der Waals surface area contributed by atoms with E-state index in [-0.39, 0.29) is 46.1 Å². The maximum atomic E-state index is 14.7. The highest BCUT2D eigenvalue weighted by Gasteiger charge is 2.36. The Morgan fingerprint density at radius 1 is 0.755 bits per heavy atom. The zero-order valence-electron chi connectivity index (χ0n) is 27.9. The van der Waals surface area contributed by atoms with Gasteiger partial charge in [-0.3, -0.25) is 13.9 Å². The Balaban J connectivity index is 1.88. The summed E-state index contributed by atoms with van der Waals surface area (Å²) >= 11 is 12.5. The summed E-state index contributed by atoms with van der Waals surface area (Å²) in [4.78, 5) is 29.8. The molecule has 0 aliphatic carbocycles. The number of halogens is 2. The molecule has 2 amide bonds. The molecule has 10 nitrogen and oxygen atoms in total. The number of nitrogens with zero attached hydrogens (tertiary/aromatic N) is 2. The number of sulfonamides is 1. The summed E-state index contributed by atoms with van der Waals surface area (Å²) < 4.78 is 46.2. The van der Waals surface area contributed by atoms with Gasteiger partial charge in [-0.1, -0.05) is 65.7 Å². The average molecular weight is 729 g/mol. The van der Waals surface area contributed by atoms with E-state index in [0.29, 0.717) is 16.3 Å². The fourth-order valence-corrected chi connectivity index (χ4v) is 6.92. The van der Waals surface area contributed by atoms with Crippen molar-refractivity contribution in [1.82, 2.24) is 10.2 Å². The molecular formula is C36H39Cl2N3O7S. The van der Waals surface area contributed by atoms with Crippen LogP contribution in [0.1, 0.15) is 25.0 Å². The number of carbonyl (C=O) groups is 2. The van der Waals surface area contributed by atoms with Crippen LogP contribution < -0.4 is 23.8 Å². The van der Waals surface area contributed by atoms with E-state index in [2.05, 4.69) is 5.32 Å². The van der Waals surface area contributed by atoms with E-state index < -0.39 is 34.4 Å². The molecule has 1 unspecified atom stereocenters. The molecule has 0 bridgehead atoms. The van der Waals surface area contributed by atoms with Gasteiger partial charge >= 0.3 is 0 Å². The summed E-state index contributed by atoms with van der Waals surface area (Å²) in [6.45, 7) is 2.93. The molecule has 1 N–H and O–H groups in total. The molecule has 0 saturated carbocycles. The fraction of sp³-hybridized carbons (Fsp3) is 0.278. The molecule has 0 saturated heterocycles. The van der Waals surface area contributed by atoms with Crippen LogP contribution >= 0.6 is 23.2 Å². The molecule has 13 heteroatoms. The van der Waals surface area contributed by atoms with Crippen molar-refractivity contribution < 1.29 is 32.2 Å². The lowest BCUT2D eigenvalue weighted by atomic mass is 10.0. The van der Waals surface area contributed by atoms with E-state index in [0.717, 1.165) is 9.87 Å². The zero-order valence-corrected chi connectivity index (χ0v) is 30.2. The first-order chi connectivity index (χ1) is 23.4. The molecule has 49 heavy (non-hydrogen) atoms. The van der Waals surface area contributed by atoms with Gasteiger partial charge in [0.2, 0.25) is 11.8 Å². The van der Waals surface area contributed by atoms with Gasteiger partial charge in [-0.25, -0.2) is 8.42 Å². The number of ether oxygens (including phenoxy) is 3. The Labute approximate surface area is 297 Å². The van der Waals surface area contributed by atoms with Crippen molar-refractivity contribution in [3.63, 3.8) is 0 Å². The minimum Gasteiger partial charge on any atom is -0.495 e.